The lowest BCUT2D eigenvalue weighted by Gasteiger charge is -2.47. The summed E-state index contributed by atoms with van der Waals surface area (Å²) in [7, 11) is 1.70. The van der Waals surface area contributed by atoms with E-state index in [0.29, 0.717) is 6.54 Å². The highest BCUT2D eigenvalue weighted by molar-refractivity contribution is 5.47. The molecule has 0 heterocycles. The fourth-order valence-corrected chi connectivity index (χ4v) is 2.17. The van der Waals surface area contributed by atoms with Crippen LogP contribution in [0.25, 0.3) is 0 Å². The average molecular weight is 224 g/mol. The predicted molar refractivity (Wildman–Crippen MR) is 61.8 cm³/mol. The minimum atomic E-state index is -0.236. The van der Waals surface area contributed by atoms with Crippen LogP contribution in [0.15, 0.2) is 24.3 Å². The molecule has 1 aromatic rings. The number of nitrogens with one attached hydrogen (secondary N) is 1. The molecule has 0 bridgehead atoms. The molecule has 0 saturated heterocycles. The van der Waals surface area contributed by atoms with Crippen LogP contribution in [-0.4, -0.2) is 25.3 Å². The standard InChI is InChI=1S/C12H17FN2O/c1-16-11-6-12(7-11,8-14)15-10-4-2-3-9(13)5-10/h2-5,11,15H,6-8,14H2,1H3. The van der Waals surface area contributed by atoms with Crippen LogP contribution in [0, 0.1) is 5.82 Å². The van der Waals surface area contributed by atoms with Crippen LogP contribution in [0.3, 0.4) is 0 Å². The molecular weight excluding hydrogens is 207 g/mol. The van der Waals surface area contributed by atoms with Crippen molar-refractivity contribution in [3.8, 4) is 0 Å². The molecule has 0 aromatic heterocycles. The number of rotatable bonds is 4. The van der Waals surface area contributed by atoms with E-state index in [1.54, 1.807) is 13.2 Å². The molecule has 2 rings (SSSR count). The van der Waals surface area contributed by atoms with E-state index in [2.05, 4.69) is 5.32 Å². The minimum Gasteiger partial charge on any atom is -0.381 e. The van der Waals surface area contributed by atoms with Gasteiger partial charge in [-0.05, 0) is 31.0 Å². The molecule has 1 saturated carbocycles. The van der Waals surface area contributed by atoms with Crippen LogP contribution in [0.2, 0.25) is 0 Å². The summed E-state index contributed by atoms with van der Waals surface area (Å²) in [4.78, 5) is 0. The maximum absolute atomic E-state index is 13.0. The van der Waals surface area contributed by atoms with Gasteiger partial charge in [0.1, 0.15) is 5.82 Å². The van der Waals surface area contributed by atoms with E-state index in [1.807, 2.05) is 6.07 Å². The van der Waals surface area contributed by atoms with E-state index in [1.165, 1.54) is 12.1 Å². The summed E-state index contributed by atoms with van der Waals surface area (Å²) < 4.78 is 18.3. The molecule has 4 heteroatoms. The Morgan fingerprint density at radius 3 is 2.88 bits per heavy atom. The van der Waals surface area contributed by atoms with Gasteiger partial charge in [-0.15, -0.1) is 0 Å². The van der Waals surface area contributed by atoms with Crippen molar-refractivity contribution in [1.82, 2.24) is 0 Å². The summed E-state index contributed by atoms with van der Waals surface area (Å²) >= 11 is 0. The summed E-state index contributed by atoms with van der Waals surface area (Å²) in [5.74, 6) is -0.236. The molecule has 16 heavy (non-hydrogen) atoms. The zero-order chi connectivity index (χ0) is 11.6. The molecule has 0 unspecified atom stereocenters. The third kappa shape index (κ3) is 2.18. The van der Waals surface area contributed by atoms with Gasteiger partial charge in [0.15, 0.2) is 0 Å². The Hall–Kier alpha value is -1.13. The molecule has 1 aliphatic rings. The maximum atomic E-state index is 13.0. The van der Waals surface area contributed by atoms with Gasteiger partial charge in [-0.1, -0.05) is 6.07 Å². The SMILES string of the molecule is COC1CC(CN)(Nc2cccc(F)c2)C1. The van der Waals surface area contributed by atoms with Crippen molar-refractivity contribution in [2.75, 3.05) is 19.0 Å². The van der Waals surface area contributed by atoms with Gasteiger partial charge >= 0.3 is 0 Å². The van der Waals surface area contributed by atoms with E-state index in [-0.39, 0.29) is 17.5 Å². The second kappa shape index (κ2) is 4.39. The predicted octanol–water partition coefficient (Wildman–Crippen LogP) is 1.74. The highest BCUT2D eigenvalue weighted by atomic mass is 19.1. The molecule has 1 aromatic carbocycles. The second-order valence-corrected chi connectivity index (χ2v) is 4.39. The van der Waals surface area contributed by atoms with Crippen LogP contribution >= 0.6 is 0 Å². The Labute approximate surface area is 94.8 Å². The summed E-state index contributed by atoms with van der Waals surface area (Å²) in [5, 5.41) is 3.30. The number of methoxy groups -OCH3 is 1. The first-order chi connectivity index (χ1) is 7.67. The van der Waals surface area contributed by atoms with Crippen molar-refractivity contribution < 1.29 is 9.13 Å². The largest absolute Gasteiger partial charge is 0.381 e. The number of hydrogen-bond donors (Lipinski definition) is 2. The van der Waals surface area contributed by atoms with Gasteiger partial charge in [0.25, 0.3) is 0 Å². The van der Waals surface area contributed by atoms with Crippen LogP contribution < -0.4 is 11.1 Å². The Morgan fingerprint density at radius 1 is 1.56 bits per heavy atom. The lowest BCUT2D eigenvalue weighted by Crippen LogP contribution is -2.58. The Kier molecular flexibility index (Phi) is 3.12. The molecule has 0 atom stereocenters. The van der Waals surface area contributed by atoms with Crippen molar-refractivity contribution >= 4 is 5.69 Å². The number of hydrogen-bond acceptors (Lipinski definition) is 3. The fraction of sp³-hybridized carbons (Fsp3) is 0.500. The van der Waals surface area contributed by atoms with E-state index < -0.39 is 0 Å². The summed E-state index contributed by atoms with van der Waals surface area (Å²) in [6.45, 7) is 0.531. The van der Waals surface area contributed by atoms with Crippen molar-refractivity contribution in [1.29, 1.82) is 0 Å². The molecule has 0 radical (unpaired) electrons. The van der Waals surface area contributed by atoms with Crippen LogP contribution in [0.5, 0.6) is 0 Å². The van der Waals surface area contributed by atoms with Crippen LogP contribution in [0.1, 0.15) is 12.8 Å². The van der Waals surface area contributed by atoms with Gasteiger partial charge < -0.3 is 15.8 Å². The van der Waals surface area contributed by atoms with Gasteiger partial charge in [0.2, 0.25) is 0 Å². The zero-order valence-electron chi connectivity index (χ0n) is 9.37. The van der Waals surface area contributed by atoms with Gasteiger partial charge in [0.05, 0.1) is 11.6 Å². The first kappa shape index (κ1) is 11.4. The normalized spacial score (nSPS) is 28.6. The van der Waals surface area contributed by atoms with E-state index in [0.717, 1.165) is 18.5 Å². The smallest absolute Gasteiger partial charge is 0.125 e. The van der Waals surface area contributed by atoms with Crippen molar-refractivity contribution in [3.63, 3.8) is 0 Å². The molecular formula is C12H17FN2O. The van der Waals surface area contributed by atoms with Crippen molar-refractivity contribution in [2.24, 2.45) is 5.73 Å². The summed E-state index contributed by atoms with van der Waals surface area (Å²) in [6, 6.07) is 6.45. The van der Waals surface area contributed by atoms with E-state index in [9.17, 15) is 4.39 Å². The number of halogens is 1. The van der Waals surface area contributed by atoms with Crippen LogP contribution in [-0.2, 0) is 4.74 Å². The highest BCUT2D eigenvalue weighted by Gasteiger charge is 2.43. The van der Waals surface area contributed by atoms with Crippen LogP contribution in [0.4, 0.5) is 10.1 Å². The second-order valence-electron chi connectivity index (χ2n) is 4.39. The molecule has 88 valence electrons. The number of anilines is 1. The third-order valence-electron chi connectivity index (χ3n) is 3.20. The molecule has 3 nitrogen and oxygen atoms in total. The fourth-order valence-electron chi connectivity index (χ4n) is 2.17. The zero-order valence-corrected chi connectivity index (χ0v) is 9.37. The van der Waals surface area contributed by atoms with Crippen molar-refractivity contribution in [2.45, 2.75) is 24.5 Å². The third-order valence-corrected chi connectivity index (χ3v) is 3.20. The lowest BCUT2D eigenvalue weighted by atomic mass is 9.74. The van der Waals surface area contributed by atoms with Gasteiger partial charge in [-0.2, -0.15) is 0 Å². The quantitative estimate of drug-likeness (QED) is 0.819. The molecule has 3 N–H and O–H groups in total. The maximum Gasteiger partial charge on any atom is 0.125 e. The highest BCUT2D eigenvalue weighted by Crippen LogP contribution is 2.36. The number of benzene rings is 1. The minimum absolute atomic E-state index is 0.130. The number of ether oxygens (including phenoxy) is 1. The lowest BCUT2D eigenvalue weighted by molar-refractivity contribution is -0.00245. The Morgan fingerprint density at radius 2 is 2.31 bits per heavy atom. The molecule has 0 spiro atoms. The monoisotopic (exact) mass is 224 g/mol. The molecule has 1 fully saturated rings. The Bertz CT molecular complexity index is 364. The Balaban J connectivity index is 2.03. The van der Waals surface area contributed by atoms with Gasteiger partial charge in [-0.3, -0.25) is 0 Å². The summed E-state index contributed by atoms with van der Waals surface area (Å²) in [5.41, 5.74) is 6.41. The molecule has 1 aliphatic carbocycles. The first-order valence-corrected chi connectivity index (χ1v) is 5.44. The first-order valence-electron chi connectivity index (χ1n) is 5.44. The topological polar surface area (TPSA) is 47.3 Å². The van der Waals surface area contributed by atoms with Gasteiger partial charge in [-0.25, -0.2) is 4.39 Å². The summed E-state index contributed by atoms with van der Waals surface area (Å²) in [6.07, 6.45) is 2.01. The van der Waals surface area contributed by atoms with E-state index in [4.69, 9.17) is 10.5 Å². The van der Waals surface area contributed by atoms with E-state index >= 15 is 0 Å². The van der Waals surface area contributed by atoms with Gasteiger partial charge in [0, 0.05) is 19.3 Å². The molecule has 0 aliphatic heterocycles. The average Bonchev–Trinajstić information content (AvgIpc) is 2.23. The molecule has 0 amide bonds. The number of nitrogens with two attached hydrogens (primary N) is 1. The van der Waals surface area contributed by atoms with Crippen molar-refractivity contribution in [3.05, 3.63) is 30.1 Å².